The lowest BCUT2D eigenvalue weighted by Gasteiger charge is -2.16. The molecule has 0 spiro atoms. The molecular weight excluding hydrogens is 590 g/mol. The summed E-state index contributed by atoms with van der Waals surface area (Å²) in [6.45, 7) is -3.56. The molecule has 0 radical (unpaired) electrons. The summed E-state index contributed by atoms with van der Waals surface area (Å²) in [5.41, 5.74) is -2.00. The topological polar surface area (TPSA) is 91.2 Å². The number of ether oxygens (including phenoxy) is 2. The lowest BCUT2D eigenvalue weighted by Crippen LogP contribution is -2.29. The molecule has 0 bridgehead atoms. The van der Waals surface area contributed by atoms with Crippen molar-refractivity contribution >= 4 is 21.8 Å². The van der Waals surface area contributed by atoms with Crippen molar-refractivity contribution in [2.75, 3.05) is 6.61 Å². The molecule has 3 aromatic rings. The highest BCUT2D eigenvalue weighted by atomic mass is 79.9. The third kappa shape index (κ3) is 7.74. The third-order valence-corrected chi connectivity index (χ3v) is 4.74. The Bertz CT molecular complexity index is 1250. The van der Waals surface area contributed by atoms with Gasteiger partial charge in [-0.3, -0.25) is 4.79 Å². The standard InChI is InChI=1S/C20H14BrF8N5O3/c1-9(31-16(35)10-4-11(20(27,28)29)6-13(5-10)37-18(22)23)15-32-17(21)33-34(15)14-3-2-12(7-30-14)36-8-19(24,25)26/h2-7,9,18H,8H2,1H3,(H,31,35). The van der Waals surface area contributed by atoms with Gasteiger partial charge in [-0.15, -0.1) is 5.10 Å². The van der Waals surface area contributed by atoms with Gasteiger partial charge in [-0.25, -0.2) is 9.97 Å². The van der Waals surface area contributed by atoms with E-state index in [9.17, 15) is 39.9 Å². The van der Waals surface area contributed by atoms with Crippen molar-refractivity contribution in [3.8, 4) is 17.3 Å². The van der Waals surface area contributed by atoms with Crippen LogP contribution in [0.15, 0.2) is 41.3 Å². The zero-order valence-electron chi connectivity index (χ0n) is 18.2. The van der Waals surface area contributed by atoms with Crippen LogP contribution in [0.2, 0.25) is 0 Å². The molecule has 0 aliphatic rings. The lowest BCUT2D eigenvalue weighted by molar-refractivity contribution is -0.153. The van der Waals surface area contributed by atoms with Gasteiger partial charge in [0.2, 0.25) is 4.73 Å². The summed E-state index contributed by atoms with van der Waals surface area (Å²) in [6, 6.07) is 2.92. The van der Waals surface area contributed by atoms with Gasteiger partial charge < -0.3 is 14.8 Å². The van der Waals surface area contributed by atoms with E-state index in [1.807, 2.05) is 0 Å². The van der Waals surface area contributed by atoms with E-state index in [1.165, 1.54) is 19.1 Å². The molecule has 1 N–H and O–H groups in total. The second-order valence-electron chi connectivity index (χ2n) is 7.22. The van der Waals surface area contributed by atoms with E-state index in [4.69, 9.17) is 0 Å². The number of benzene rings is 1. The quantitative estimate of drug-likeness (QED) is 0.343. The maximum Gasteiger partial charge on any atom is 0.422 e. The molecule has 0 saturated carbocycles. The van der Waals surface area contributed by atoms with Gasteiger partial charge in [-0.05, 0) is 53.2 Å². The Hall–Kier alpha value is -3.50. The lowest BCUT2D eigenvalue weighted by atomic mass is 10.1. The monoisotopic (exact) mass is 603 g/mol. The predicted octanol–water partition coefficient (Wildman–Crippen LogP) is 5.48. The van der Waals surface area contributed by atoms with Crippen LogP contribution in [0.5, 0.6) is 11.5 Å². The number of carbonyl (C=O) groups is 1. The zero-order valence-corrected chi connectivity index (χ0v) is 19.8. The van der Waals surface area contributed by atoms with Gasteiger partial charge in [0.1, 0.15) is 11.5 Å². The third-order valence-electron chi connectivity index (χ3n) is 4.40. The van der Waals surface area contributed by atoms with Crippen molar-refractivity contribution in [1.29, 1.82) is 0 Å². The molecule has 2 aromatic heterocycles. The Kier molecular flexibility index (Phi) is 8.24. The minimum absolute atomic E-state index is 0.0210. The van der Waals surface area contributed by atoms with E-state index < -0.39 is 54.4 Å². The molecule has 17 heteroatoms. The molecule has 1 aromatic carbocycles. The van der Waals surface area contributed by atoms with Crippen LogP contribution in [0.4, 0.5) is 35.1 Å². The zero-order chi connectivity index (χ0) is 27.5. The van der Waals surface area contributed by atoms with Crippen LogP contribution in [0.25, 0.3) is 5.82 Å². The first-order valence-electron chi connectivity index (χ1n) is 9.89. The summed E-state index contributed by atoms with van der Waals surface area (Å²) in [6.07, 6.45) is -8.51. The van der Waals surface area contributed by atoms with Crippen molar-refractivity contribution < 1.29 is 49.4 Å². The van der Waals surface area contributed by atoms with Gasteiger partial charge in [0.15, 0.2) is 18.2 Å². The molecule has 8 nitrogen and oxygen atoms in total. The summed E-state index contributed by atoms with van der Waals surface area (Å²) in [7, 11) is 0. The summed E-state index contributed by atoms with van der Waals surface area (Å²) in [5, 5.41) is 6.40. The Balaban J connectivity index is 1.83. The number of hydrogen-bond donors (Lipinski definition) is 1. The number of pyridine rings is 1. The number of aromatic nitrogens is 4. The largest absolute Gasteiger partial charge is 0.483 e. The molecule has 2 heterocycles. The minimum Gasteiger partial charge on any atom is -0.483 e. The van der Waals surface area contributed by atoms with E-state index in [0.29, 0.717) is 18.2 Å². The van der Waals surface area contributed by atoms with Crippen molar-refractivity contribution in [3.63, 3.8) is 0 Å². The van der Waals surface area contributed by atoms with Crippen LogP contribution in [0.1, 0.15) is 34.7 Å². The molecule has 0 fully saturated rings. The smallest absolute Gasteiger partial charge is 0.422 e. The predicted molar refractivity (Wildman–Crippen MR) is 112 cm³/mol. The minimum atomic E-state index is -4.95. The number of nitrogens with one attached hydrogen (secondary N) is 1. The molecule has 200 valence electrons. The van der Waals surface area contributed by atoms with E-state index in [-0.39, 0.29) is 22.1 Å². The van der Waals surface area contributed by atoms with Gasteiger partial charge in [-0.2, -0.15) is 39.8 Å². The summed E-state index contributed by atoms with van der Waals surface area (Å²) in [5.74, 6) is -2.06. The highest BCUT2D eigenvalue weighted by molar-refractivity contribution is 9.10. The normalized spacial score (nSPS) is 12.9. The molecule has 3 rings (SSSR count). The van der Waals surface area contributed by atoms with E-state index in [0.717, 1.165) is 10.9 Å². The van der Waals surface area contributed by atoms with Gasteiger partial charge in [-0.1, -0.05) is 0 Å². The Labute approximate surface area is 210 Å². The number of halogens is 9. The Morgan fingerprint density at radius 1 is 1.11 bits per heavy atom. The number of hydrogen-bond acceptors (Lipinski definition) is 6. The number of alkyl halides is 8. The molecule has 0 saturated heterocycles. The van der Waals surface area contributed by atoms with Crippen LogP contribution >= 0.6 is 15.9 Å². The first-order chi connectivity index (χ1) is 17.1. The molecular formula is C20H14BrF8N5O3. The fourth-order valence-corrected chi connectivity index (χ4v) is 3.24. The summed E-state index contributed by atoms with van der Waals surface area (Å²) in [4.78, 5) is 20.7. The average Bonchev–Trinajstić information content (AvgIpc) is 3.18. The van der Waals surface area contributed by atoms with Crippen molar-refractivity contribution in [3.05, 3.63) is 58.2 Å². The first kappa shape index (κ1) is 28.1. The number of carbonyl (C=O) groups excluding carboxylic acids is 1. The Morgan fingerprint density at radius 3 is 2.38 bits per heavy atom. The number of amides is 1. The van der Waals surface area contributed by atoms with Crippen LogP contribution in [0.3, 0.4) is 0 Å². The van der Waals surface area contributed by atoms with Gasteiger partial charge >= 0.3 is 19.0 Å². The highest BCUT2D eigenvalue weighted by Gasteiger charge is 2.33. The molecule has 0 aliphatic carbocycles. The second kappa shape index (κ2) is 10.9. The highest BCUT2D eigenvalue weighted by Crippen LogP contribution is 2.33. The molecule has 37 heavy (non-hydrogen) atoms. The van der Waals surface area contributed by atoms with Crippen LogP contribution in [-0.2, 0) is 6.18 Å². The van der Waals surface area contributed by atoms with E-state index in [1.54, 1.807) is 0 Å². The Morgan fingerprint density at radius 2 is 1.81 bits per heavy atom. The van der Waals surface area contributed by atoms with Crippen molar-refractivity contribution in [2.45, 2.75) is 31.9 Å². The van der Waals surface area contributed by atoms with Crippen molar-refractivity contribution in [2.24, 2.45) is 0 Å². The van der Waals surface area contributed by atoms with Crippen LogP contribution in [0, 0.1) is 0 Å². The molecule has 1 unspecified atom stereocenters. The van der Waals surface area contributed by atoms with Gasteiger partial charge in [0.25, 0.3) is 5.91 Å². The number of rotatable bonds is 8. The molecule has 1 amide bonds. The van der Waals surface area contributed by atoms with Gasteiger partial charge in [0.05, 0.1) is 17.8 Å². The molecule has 0 aliphatic heterocycles. The van der Waals surface area contributed by atoms with E-state index >= 15 is 0 Å². The fraction of sp³-hybridized carbons (Fsp3) is 0.300. The SMILES string of the molecule is CC(NC(=O)c1cc(OC(F)F)cc(C(F)(F)F)c1)c1nc(Br)nn1-c1ccc(OCC(F)(F)F)cn1. The average molecular weight is 604 g/mol. The second-order valence-corrected chi connectivity index (χ2v) is 7.93. The van der Waals surface area contributed by atoms with E-state index in [2.05, 4.69) is 45.8 Å². The first-order valence-corrected chi connectivity index (χ1v) is 10.7. The van der Waals surface area contributed by atoms with Crippen molar-refractivity contribution in [1.82, 2.24) is 25.1 Å². The van der Waals surface area contributed by atoms with Crippen LogP contribution < -0.4 is 14.8 Å². The summed E-state index contributed by atoms with van der Waals surface area (Å²) < 4.78 is 111. The fourth-order valence-electron chi connectivity index (χ4n) is 2.90. The maximum atomic E-state index is 13.2. The number of nitrogens with zero attached hydrogens (tertiary/aromatic N) is 4. The molecule has 1 atom stereocenters. The van der Waals surface area contributed by atoms with Crippen LogP contribution in [-0.4, -0.2) is 45.1 Å². The summed E-state index contributed by atoms with van der Waals surface area (Å²) >= 11 is 3.04. The maximum absolute atomic E-state index is 13.2. The van der Waals surface area contributed by atoms with Gasteiger partial charge in [0, 0.05) is 5.56 Å².